The lowest BCUT2D eigenvalue weighted by Crippen LogP contribution is -2.31. The Morgan fingerprint density at radius 1 is 1.21 bits per heavy atom. The van der Waals surface area contributed by atoms with Crippen LogP contribution in [0, 0.1) is 28.8 Å². The maximum atomic E-state index is 14.9. The predicted octanol–water partition coefficient (Wildman–Crippen LogP) is 5.59. The zero-order valence-corrected chi connectivity index (χ0v) is 19.1. The zero-order valence-electron chi connectivity index (χ0n) is 18.3. The first kappa shape index (κ1) is 24.3. The summed E-state index contributed by atoms with van der Waals surface area (Å²) in [6, 6.07) is 9.87. The Morgan fingerprint density at radius 2 is 1.91 bits per heavy atom. The maximum absolute atomic E-state index is 14.9. The van der Waals surface area contributed by atoms with Crippen LogP contribution in [0.4, 0.5) is 18.9 Å². The summed E-state index contributed by atoms with van der Waals surface area (Å²) in [6.45, 7) is 3.58. The molecule has 1 aliphatic heterocycles. The molecule has 2 aromatic carbocycles. The molecule has 1 aliphatic rings. The summed E-state index contributed by atoms with van der Waals surface area (Å²) in [5, 5.41) is 16.2. The van der Waals surface area contributed by atoms with Gasteiger partial charge in [-0.05, 0) is 37.3 Å². The summed E-state index contributed by atoms with van der Waals surface area (Å²) in [4.78, 5) is 13.4. The fourth-order valence-corrected chi connectivity index (χ4v) is 4.49. The zero-order chi connectivity index (χ0) is 24.1. The van der Waals surface area contributed by atoms with Crippen molar-refractivity contribution in [2.75, 3.05) is 18.2 Å². The normalized spacial score (nSPS) is 15.7. The van der Waals surface area contributed by atoms with Crippen LogP contribution in [0.5, 0.6) is 5.75 Å². The Bertz CT molecular complexity index is 1190. The van der Waals surface area contributed by atoms with Gasteiger partial charge in [0.25, 0.3) is 5.91 Å². The smallest absolute Gasteiger partial charge is 0.254 e. The predicted molar refractivity (Wildman–Crippen MR) is 122 cm³/mol. The number of halogens is 3. The van der Waals surface area contributed by atoms with Crippen LogP contribution in [0.25, 0.3) is 0 Å². The summed E-state index contributed by atoms with van der Waals surface area (Å²) in [7, 11) is 1.45. The molecule has 2 N–H and O–H groups in total. The van der Waals surface area contributed by atoms with Gasteiger partial charge >= 0.3 is 0 Å². The number of hydrogen-bond donors (Lipinski definition) is 2. The van der Waals surface area contributed by atoms with E-state index in [2.05, 4.69) is 10.6 Å². The second-order valence-electron chi connectivity index (χ2n) is 7.24. The van der Waals surface area contributed by atoms with E-state index in [0.717, 1.165) is 6.42 Å². The molecule has 5 nitrogen and oxygen atoms in total. The lowest BCUT2D eigenvalue weighted by Gasteiger charge is -2.30. The highest BCUT2D eigenvalue weighted by Crippen LogP contribution is 2.42. The van der Waals surface area contributed by atoms with Gasteiger partial charge in [-0.15, -0.1) is 11.8 Å². The third-order valence-electron chi connectivity index (χ3n) is 5.05. The van der Waals surface area contributed by atoms with Gasteiger partial charge in [0.2, 0.25) is 0 Å². The van der Waals surface area contributed by atoms with Crippen LogP contribution in [0.1, 0.15) is 31.7 Å². The molecule has 0 spiro atoms. The minimum atomic E-state index is -1.35. The van der Waals surface area contributed by atoms with Crippen molar-refractivity contribution in [2.24, 2.45) is 0 Å². The topological polar surface area (TPSA) is 74.2 Å². The number of benzene rings is 2. The van der Waals surface area contributed by atoms with Crippen molar-refractivity contribution in [3.63, 3.8) is 0 Å². The Labute approximate surface area is 194 Å². The van der Waals surface area contributed by atoms with Crippen molar-refractivity contribution in [2.45, 2.75) is 26.2 Å². The molecule has 0 saturated carbocycles. The SMILES string of the molecule is CCCSC1=C(C#N)C(c2cc(F)c(F)cc2F)C(C(=O)Nc2ccccc2OC)=C(C)N1. The van der Waals surface area contributed by atoms with Gasteiger partial charge in [0.1, 0.15) is 11.6 Å². The van der Waals surface area contributed by atoms with Crippen LogP contribution in [0.2, 0.25) is 0 Å². The summed E-state index contributed by atoms with van der Waals surface area (Å²) >= 11 is 1.34. The molecule has 0 radical (unpaired) electrons. The number of nitrogens with one attached hydrogen (secondary N) is 2. The molecule has 33 heavy (non-hydrogen) atoms. The Kier molecular flexibility index (Phi) is 7.71. The number of para-hydroxylation sites is 2. The summed E-state index contributed by atoms with van der Waals surface area (Å²) in [5.74, 6) is -4.48. The quantitative estimate of drug-likeness (QED) is 0.513. The molecule has 0 fully saturated rings. The molecule has 0 aliphatic carbocycles. The number of methoxy groups -OCH3 is 1. The number of nitriles is 1. The number of dihydropyridines is 1. The first-order valence-corrected chi connectivity index (χ1v) is 11.1. The van der Waals surface area contributed by atoms with Gasteiger partial charge in [-0.3, -0.25) is 4.79 Å². The molecule has 2 aromatic rings. The molecule has 1 atom stereocenters. The maximum Gasteiger partial charge on any atom is 0.254 e. The highest BCUT2D eigenvalue weighted by atomic mass is 32.2. The molecule has 1 heterocycles. The van der Waals surface area contributed by atoms with E-state index in [1.54, 1.807) is 31.2 Å². The highest BCUT2D eigenvalue weighted by molar-refractivity contribution is 8.03. The summed E-state index contributed by atoms with van der Waals surface area (Å²) in [5.41, 5.74) is 0.501. The molecule has 0 bridgehead atoms. The van der Waals surface area contributed by atoms with E-state index in [9.17, 15) is 23.2 Å². The van der Waals surface area contributed by atoms with Crippen LogP contribution in [-0.2, 0) is 4.79 Å². The second kappa shape index (κ2) is 10.5. The fourth-order valence-electron chi connectivity index (χ4n) is 3.54. The third-order valence-corrected chi connectivity index (χ3v) is 6.27. The standard InChI is InChI=1S/C24H22F3N3O2S/c1-4-9-33-24-15(12-28)22(14-10-17(26)18(27)11-16(14)25)21(13(2)29-24)23(31)30-19-7-5-6-8-20(19)32-3/h5-8,10-11,22,29H,4,9H2,1-3H3,(H,30,31). The molecule has 1 amide bonds. The van der Waals surface area contributed by atoms with Gasteiger partial charge in [-0.25, -0.2) is 13.2 Å². The number of nitrogens with zero attached hydrogens (tertiary/aromatic N) is 1. The Balaban J connectivity index is 2.15. The molecule has 172 valence electrons. The number of hydrogen-bond acceptors (Lipinski definition) is 5. The number of rotatable bonds is 7. The molecular formula is C24H22F3N3O2S. The van der Waals surface area contributed by atoms with Crippen LogP contribution in [-0.4, -0.2) is 18.8 Å². The highest BCUT2D eigenvalue weighted by Gasteiger charge is 2.37. The van der Waals surface area contributed by atoms with Crippen molar-refractivity contribution in [1.29, 1.82) is 5.26 Å². The third kappa shape index (κ3) is 5.01. The summed E-state index contributed by atoms with van der Waals surface area (Å²) < 4.78 is 47.9. The van der Waals surface area contributed by atoms with Gasteiger partial charge in [0, 0.05) is 22.9 Å². The van der Waals surface area contributed by atoms with E-state index in [0.29, 0.717) is 40.0 Å². The van der Waals surface area contributed by atoms with Gasteiger partial charge in [-0.1, -0.05) is 19.1 Å². The van der Waals surface area contributed by atoms with E-state index in [4.69, 9.17) is 4.74 Å². The van der Waals surface area contributed by atoms with Crippen molar-refractivity contribution in [3.8, 4) is 11.8 Å². The minimum Gasteiger partial charge on any atom is -0.495 e. The number of allylic oxidation sites excluding steroid dienone is 2. The first-order chi connectivity index (χ1) is 15.8. The minimum absolute atomic E-state index is 0.0169. The molecule has 0 saturated heterocycles. The second-order valence-corrected chi connectivity index (χ2v) is 8.35. The lowest BCUT2D eigenvalue weighted by atomic mass is 9.81. The van der Waals surface area contributed by atoms with Crippen molar-refractivity contribution in [1.82, 2.24) is 5.32 Å². The monoisotopic (exact) mass is 473 g/mol. The average molecular weight is 474 g/mol. The number of carbonyl (C=O) groups is 1. The molecular weight excluding hydrogens is 451 g/mol. The van der Waals surface area contributed by atoms with E-state index >= 15 is 0 Å². The molecule has 1 unspecified atom stereocenters. The first-order valence-electron chi connectivity index (χ1n) is 10.2. The van der Waals surface area contributed by atoms with Crippen LogP contribution >= 0.6 is 11.8 Å². The van der Waals surface area contributed by atoms with Gasteiger partial charge in [-0.2, -0.15) is 5.26 Å². The van der Waals surface area contributed by atoms with Crippen LogP contribution in [0.3, 0.4) is 0 Å². The van der Waals surface area contributed by atoms with Crippen molar-refractivity contribution in [3.05, 3.63) is 81.3 Å². The number of amides is 1. The van der Waals surface area contributed by atoms with E-state index < -0.39 is 29.3 Å². The van der Waals surface area contributed by atoms with Crippen LogP contribution in [0.15, 0.2) is 58.3 Å². The van der Waals surface area contributed by atoms with Gasteiger partial charge < -0.3 is 15.4 Å². The van der Waals surface area contributed by atoms with Gasteiger partial charge in [0.15, 0.2) is 11.6 Å². The van der Waals surface area contributed by atoms with E-state index in [1.165, 1.54) is 18.9 Å². The Hall–Kier alpha value is -3.38. The number of carbonyl (C=O) groups excluding carboxylic acids is 1. The molecule has 3 rings (SSSR count). The summed E-state index contributed by atoms with van der Waals surface area (Å²) in [6.07, 6.45) is 0.808. The molecule has 0 aromatic heterocycles. The van der Waals surface area contributed by atoms with E-state index in [1.807, 2.05) is 13.0 Å². The Morgan fingerprint density at radius 3 is 2.58 bits per heavy atom. The average Bonchev–Trinajstić information content (AvgIpc) is 2.79. The lowest BCUT2D eigenvalue weighted by molar-refractivity contribution is -0.113. The van der Waals surface area contributed by atoms with E-state index in [-0.39, 0.29) is 16.7 Å². The van der Waals surface area contributed by atoms with Gasteiger partial charge in [0.05, 0.1) is 35.4 Å². The fraction of sp³-hybridized carbons (Fsp3) is 0.250. The van der Waals surface area contributed by atoms with Crippen LogP contribution < -0.4 is 15.4 Å². The molecule has 9 heteroatoms. The van der Waals surface area contributed by atoms with Crippen molar-refractivity contribution >= 4 is 23.4 Å². The van der Waals surface area contributed by atoms with Crippen molar-refractivity contribution < 1.29 is 22.7 Å². The number of thioether (sulfide) groups is 1. The number of ether oxygens (including phenoxy) is 1. The largest absolute Gasteiger partial charge is 0.495 e. The number of anilines is 1.